The summed E-state index contributed by atoms with van der Waals surface area (Å²) >= 11 is 0. The van der Waals surface area contributed by atoms with E-state index in [-0.39, 0.29) is 68.3 Å². The highest BCUT2D eigenvalue weighted by Crippen LogP contribution is 2.28. The molecular weight excluding hydrogens is 853 g/mol. The molecule has 0 aliphatic rings. The molecule has 2 aromatic heterocycles. The minimum atomic E-state index is -1.06. The SMILES string of the molecule is O=C(O)c1ccc(-c2nc(-c3ccc(C(=O)O)cc3)nc(-c3ccc(C(=O)O)cc3)n2)cc1.O=C(O)c1ccc(-c2nc(-c3ccc(C(=O)O)cc3)nc(-c3ccc(C(=O)O)cc3)n2)cc1. The Morgan fingerprint density at radius 1 is 0.212 bits per heavy atom. The van der Waals surface area contributed by atoms with Gasteiger partial charge in [0.25, 0.3) is 0 Å². The third-order valence-corrected chi connectivity index (χ3v) is 9.61. The third kappa shape index (κ3) is 10.3. The van der Waals surface area contributed by atoms with Crippen LogP contribution in [0.1, 0.15) is 62.1 Å². The van der Waals surface area contributed by atoms with Crippen molar-refractivity contribution in [2.24, 2.45) is 0 Å². The Bertz CT molecular complexity index is 2580. The van der Waals surface area contributed by atoms with Crippen molar-refractivity contribution < 1.29 is 59.4 Å². The minimum absolute atomic E-state index is 0.113. The van der Waals surface area contributed by atoms with Crippen LogP contribution in [0.25, 0.3) is 68.3 Å². The molecule has 0 fully saturated rings. The van der Waals surface area contributed by atoms with Gasteiger partial charge in [0.2, 0.25) is 0 Å². The zero-order valence-electron chi connectivity index (χ0n) is 33.7. The van der Waals surface area contributed by atoms with E-state index < -0.39 is 35.8 Å². The topological polar surface area (TPSA) is 301 Å². The first kappa shape index (κ1) is 44.2. The molecule has 18 nitrogen and oxygen atoms in total. The normalized spacial score (nSPS) is 10.5. The lowest BCUT2D eigenvalue weighted by Crippen LogP contribution is -2.02. The lowest BCUT2D eigenvalue weighted by molar-refractivity contribution is 0.0686. The second kappa shape index (κ2) is 19.1. The van der Waals surface area contributed by atoms with Gasteiger partial charge in [0.15, 0.2) is 34.9 Å². The Morgan fingerprint density at radius 3 is 0.409 bits per heavy atom. The molecule has 0 radical (unpaired) electrons. The molecule has 0 bridgehead atoms. The van der Waals surface area contributed by atoms with E-state index >= 15 is 0 Å². The maximum Gasteiger partial charge on any atom is 0.335 e. The predicted octanol–water partition coefficient (Wildman–Crippen LogP) is 7.93. The van der Waals surface area contributed by atoms with Crippen molar-refractivity contribution in [2.45, 2.75) is 0 Å². The van der Waals surface area contributed by atoms with Gasteiger partial charge in [0.1, 0.15) is 0 Å². The van der Waals surface area contributed by atoms with E-state index in [1.165, 1.54) is 72.8 Å². The molecular formula is C48H30N6O12. The van der Waals surface area contributed by atoms with Gasteiger partial charge < -0.3 is 30.6 Å². The number of hydrogen-bond acceptors (Lipinski definition) is 12. The summed E-state index contributed by atoms with van der Waals surface area (Å²) in [6.07, 6.45) is 0. The van der Waals surface area contributed by atoms with Crippen LogP contribution in [0.15, 0.2) is 146 Å². The van der Waals surface area contributed by atoms with E-state index in [1.54, 1.807) is 72.8 Å². The molecule has 0 aliphatic carbocycles. The zero-order chi connectivity index (χ0) is 47.1. The molecule has 0 saturated carbocycles. The molecule has 0 spiro atoms. The minimum Gasteiger partial charge on any atom is -0.478 e. The van der Waals surface area contributed by atoms with Crippen molar-refractivity contribution in [1.29, 1.82) is 0 Å². The van der Waals surface area contributed by atoms with Crippen molar-refractivity contribution in [2.75, 3.05) is 0 Å². The van der Waals surface area contributed by atoms with Gasteiger partial charge in [-0.25, -0.2) is 58.7 Å². The summed E-state index contributed by atoms with van der Waals surface area (Å²) in [6.45, 7) is 0. The second-order valence-corrected chi connectivity index (χ2v) is 13.9. The highest BCUT2D eigenvalue weighted by molar-refractivity contribution is 5.91. The predicted molar refractivity (Wildman–Crippen MR) is 234 cm³/mol. The lowest BCUT2D eigenvalue weighted by atomic mass is 10.1. The Balaban J connectivity index is 0.000000196. The van der Waals surface area contributed by atoms with Crippen LogP contribution in [-0.2, 0) is 0 Å². The fraction of sp³-hybridized carbons (Fsp3) is 0. The average molecular weight is 883 g/mol. The highest BCUT2D eigenvalue weighted by Gasteiger charge is 2.17. The Hall–Kier alpha value is -9.84. The number of hydrogen-bond donors (Lipinski definition) is 6. The number of carbonyl (C=O) groups is 6. The van der Waals surface area contributed by atoms with Crippen molar-refractivity contribution in [3.63, 3.8) is 0 Å². The first-order valence-electron chi connectivity index (χ1n) is 19.2. The number of rotatable bonds is 12. The third-order valence-electron chi connectivity index (χ3n) is 9.61. The summed E-state index contributed by atoms with van der Waals surface area (Å²) in [5, 5.41) is 54.8. The molecule has 0 aliphatic heterocycles. The Labute approximate surface area is 371 Å². The molecule has 6 aromatic carbocycles. The average Bonchev–Trinajstić information content (AvgIpc) is 3.34. The lowest BCUT2D eigenvalue weighted by Gasteiger charge is -2.09. The van der Waals surface area contributed by atoms with Gasteiger partial charge in [-0.1, -0.05) is 72.8 Å². The summed E-state index contributed by atoms with van der Waals surface area (Å²) in [6, 6.07) is 36.1. The Kier molecular flexibility index (Phi) is 12.8. The summed E-state index contributed by atoms with van der Waals surface area (Å²) in [5.74, 6) is -4.71. The van der Waals surface area contributed by atoms with E-state index in [0.717, 1.165) is 0 Å². The zero-order valence-corrected chi connectivity index (χ0v) is 33.7. The molecule has 2 heterocycles. The van der Waals surface area contributed by atoms with Gasteiger partial charge in [-0.2, -0.15) is 0 Å². The highest BCUT2D eigenvalue weighted by atomic mass is 16.4. The molecule has 324 valence electrons. The van der Waals surface area contributed by atoms with Gasteiger partial charge in [0, 0.05) is 33.4 Å². The summed E-state index contributed by atoms with van der Waals surface area (Å²) in [5.41, 5.74) is 3.98. The van der Waals surface area contributed by atoms with Gasteiger partial charge in [0.05, 0.1) is 33.4 Å². The molecule has 0 unspecified atom stereocenters. The molecule has 0 amide bonds. The van der Waals surface area contributed by atoms with E-state index in [1.807, 2.05) is 0 Å². The van der Waals surface area contributed by atoms with Crippen molar-refractivity contribution >= 4 is 35.8 Å². The van der Waals surface area contributed by atoms with Crippen molar-refractivity contribution in [3.8, 4) is 68.3 Å². The molecule has 8 rings (SSSR count). The van der Waals surface area contributed by atoms with Gasteiger partial charge in [-0.3, -0.25) is 0 Å². The number of aromatic carboxylic acids is 6. The monoisotopic (exact) mass is 882 g/mol. The molecule has 66 heavy (non-hydrogen) atoms. The van der Waals surface area contributed by atoms with Crippen LogP contribution in [0.5, 0.6) is 0 Å². The van der Waals surface area contributed by atoms with Crippen molar-refractivity contribution in [1.82, 2.24) is 29.9 Å². The van der Waals surface area contributed by atoms with Crippen LogP contribution in [0.4, 0.5) is 0 Å². The Morgan fingerprint density at radius 2 is 0.318 bits per heavy atom. The molecule has 6 N–H and O–H groups in total. The summed E-state index contributed by atoms with van der Waals surface area (Å²) < 4.78 is 0. The van der Waals surface area contributed by atoms with E-state index in [2.05, 4.69) is 29.9 Å². The quantitative estimate of drug-likeness (QED) is 0.0678. The molecule has 18 heteroatoms. The number of carboxylic acids is 6. The maximum atomic E-state index is 11.2. The largest absolute Gasteiger partial charge is 0.478 e. The number of benzene rings is 6. The number of aromatic nitrogens is 6. The second-order valence-electron chi connectivity index (χ2n) is 13.9. The number of nitrogens with zero attached hydrogens (tertiary/aromatic N) is 6. The van der Waals surface area contributed by atoms with E-state index in [4.69, 9.17) is 30.6 Å². The molecule has 0 saturated heterocycles. The van der Waals surface area contributed by atoms with Crippen LogP contribution in [-0.4, -0.2) is 96.4 Å². The van der Waals surface area contributed by atoms with Crippen LogP contribution in [0.3, 0.4) is 0 Å². The van der Waals surface area contributed by atoms with Gasteiger partial charge in [-0.15, -0.1) is 0 Å². The van der Waals surface area contributed by atoms with E-state index in [0.29, 0.717) is 33.4 Å². The van der Waals surface area contributed by atoms with Crippen LogP contribution in [0.2, 0.25) is 0 Å². The van der Waals surface area contributed by atoms with Crippen LogP contribution >= 0.6 is 0 Å². The summed E-state index contributed by atoms with van der Waals surface area (Å²) in [4.78, 5) is 93.8. The molecule has 8 aromatic rings. The first-order valence-corrected chi connectivity index (χ1v) is 19.2. The van der Waals surface area contributed by atoms with Gasteiger partial charge >= 0.3 is 35.8 Å². The van der Waals surface area contributed by atoms with Crippen molar-refractivity contribution in [3.05, 3.63) is 179 Å². The fourth-order valence-corrected chi connectivity index (χ4v) is 6.10. The molecule has 0 atom stereocenters. The fourth-order valence-electron chi connectivity index (χ4n) is 6.10. The standard InChI is InChI=1S/2C24H15N3O6/c2*28-22(29)16-7-1-13(2-8-16)19-25-20(14-3-9-17(10-4-14)23(30)31)27-21(26-19)15-5-11-18(12-6-15)24(32)33/h2*1-12H,(H,28,29)(H,30,31)(H,32,33). The smallest absolute Gasteiger partial charge is 0.335 e. The number of carboxylic acid groups (broad SMARTS) is 6. The van der Waals surface area contributed by atoms with Crippen LogP contribution < -0.4 is 0 Å². The van der Waals surface area contributed by atoms with Crippen LogP contribution in [0, 0.1) is 0 Å². The van der Waals surface area contributed by atoms with Gasteiger partial charge in [-0.05, 0) is 72.8 Å². The first-order chi connectivity index (χ1) is 31.6. The van der Waals surface area contributed by atoms with E-state index in [9.17, 15) is 28.8 Å². The summed E-state index contributed by atoms with van der Waals surface area (Å²) in [7, 11) is 0. The maximum absolute atomic E-state index is 11.2.